The van der Waals surface area contributed by atoms with Gasteiger partial charge >= 0.3 is 5.97 Å². The van der Waals surface area contributed by atoms with Crippen molar-refractivity contribution in [3.05, 3.63) is 0 Å². The largest absolute Gasteiger partial charge is 0.480 e. The normalized spacial score (nSPS) is 26.4. The number of nitrogens with one attached hydrogen (secondary N) is 1. The van der Waals surface area contributed by atoms with Crippen LogP contribution in [0.5, 0.6) is 0 Å². The van der Waals surface area contributed by atoms with E-state index in [1.807, 2.05) is 0 Å². The quantitative estimate of drug-likeness (QED) is 0.801. The molecule has 0 saturated carbocycles. The Morgan fingerprint density at radius 1 is 1.44 bits per heavy atom. The molecule has 0 aliphatic carbocycles. The lowest BCUT2D eigenvalue weighted by molar-refractivity contribution is -0.147. The average molecular weight is 278 g/mol. The number of hydrogen-bond acceptors (Lipinski definition) is 3. The summed E-state index contributed by atoms with van der Waals surface area (Å²) in [5, 5.41) is 9.36. The molecule has 0 aromatic rings. The minimum absolute atomic E-state index is 0.256. The minimum Gasteiger partial charge on any atom is -0.480 e. The Morgan fingerprint density at radius 3 is 2.39 bits per heavy atom. The summed E-state index contributed by atoms with van der Waals surface area (Å²) in [6, 6.07) is 0. The number of rotatable bonds is 4. The maximum absolute atomic E-state index is 12.3. The molecule has 18 heavy (non-hydrogen) atoms. The molecule has 106 valence electrons. The van der Waals surface area contributed by atoms with Gasteiger partial charge in [-0.15, -0.1) is 0 Å². The van der Waals surface area contributed by atoms with Crippen molar-refractivity contribution >= 4 is 16.2 Å². The molecule has 1 saturated heterocycles. The fourth-order valence-electron chi connectivity index (χ4n) is 2.36. The molecule has 1 unspecified atom stereocenters. The Bertz CT molecular complexity index is 427. The Kier molecular flexibility index (Phi) is 4.10. The molecule has 1 atom stereocenters. The van der Waals surface area contributed by atoms with E-state index < -0.39 is 27.3 Å². The summed E-state index contributed by atoms with van der Waals surface area (Å²) < 4.78 is 28.2. The summed E-state index contributed by atoms with van der Waals surface area (Å²) in [6.45, 7) is 7.16. The Hall–Kier alpha value is -0.660. The molecule has 0 amide bonds. The van der Waals surface area contributed by atoms with E-state index in [0.717, 1.165) is 4.31 Å². The zero-order chi connectivity index (χ0) is 14.2. The second-order valence-electron chi connectivity index (χ2n) is 5.72. The predicted octanol–water partition coefficient (Wildman–Crippen LogP) is 0.949. The minimum atomic E-state index is -3.78. The van der Waals surface area contributed by atoms with Crippen LogP contribution in [0.15, 0.2) is 0 Å². The van der Waals surface area contributed by atoms with E-state index >= 15 is 0 Å². The lowest BCUT2D eigenvalue weighted by Crippen LogP contribution is -2.58. The van der Waals surface area contributed by atoms with Crippen molar-refractivity contribution in [2.75, 3.05) is 6.54 Å². The highest BCUT2D eigenvalue weighted by atomic mass is 32.2. The number of carbonyl (C=O) groups is 1. The molecule has 0 bridgehead atoms. The SMILES string of the molecule is CCC1(C(=O)O)CCCN1S(=O)(=O)NC(C)(C)C. The molecule has 0 radical (unpaired) electrons. The van der Waals surface area contributed by atoms with Crippen LogP contribution >= 0.6 is 0 Å². The molecule has 0 spiro atoms. The van der Waals surface area contributed by atoms with E-state index in [0.29, 0.717) is 12.8 Å². The molecule has 6 nitrogen and oxygen atoms in total. The van der Waals surface area contributed by atoms with Crippen LogP contribution in [0, 0.1) is 0 Å². The first-order valence-electron chi connectivity index (χ1n) is 6.10. The monoisotopic (exact) mass is 278 g/mol. The van der Waals surface area contributed by atoms with Crippen LogP contribution in [0.1, 0.15) is 47.0 Å². The van der Waals surface area contributed by atoms with Crippen molar-refractivity contribution in [1.82, 2.24) is 9.03 Å². The van der Waals surface area contributed by atoms with Gasteiger partial charge in [0.25, 0.3) is 10.2 Å². The fourth-order valence-corrected chi connectivity index (χ4v) is 4.38. The second kappa shape index (κ2) is 4.79. The highest BCUT2D eigenvalue weighted by Crippen LogP contribution is 2.35. The van der Waals surface area contributed by atoms with Crippen LogP contribution < -0.4 is 4.72 Å². The van der Waals surface area contributed by atoms with Crippen molar-refractivity contribution in [2.24, 2.45) is 0 Å². The Labute approximate surface area is 109 Å². The number of carboxylic acid groups (broad SMARTS) is 1. The molecule has 7 heteroatoms. The van der Waals surface area contributed by atoms with Crippen molar-refractivity contribution < 1.29 is 18.3 Å². The third-order valence-electron chi connectivity index (χ3n) is 3.14. The maximum atomic E-state index is 12.3. The van der Waals surface area contributed by atoms with Crippen molar-refractivity contribution in [1.29, 1.82) is 0 Å². The van der Waals surface area contributed by atoms with Gasteiger partial charge in [-0.25, -0.2) is 0 Å². The van der Waals surface area contributed by atoms with E-state index in [1.165, 1.54) is 0 Å². The molecule has 1 aliphatic heterocycles. The molecular weight excluding hydrogens is 256 g/mol. The second-order valence-corrected chi connectivity index (χ2v) is 7.32. The zero-order valence-corrected chi connectivity index (χ0v) is 12.2. The number of carboxylic acids is 1. The van der Waals surface area contributed by atoms with Gasteiger partial charge in [-0.05, 0) is 40.0 Å². The first kappa shape index (κ1) is 15.4. The molecule has 1 rings (SSSR count). The predicted molar refractivity (Wildman–Crippen MR) is 68.4 cm³/mol. The molecule has 1 aliphatic rings. The van der Waals surface area contributed by atoms with Crippen molar-refractivity contribution in [3.63, 3.8) is 0 Å². The van der Waals surface area contributed by atoms with E-state index in [-0.39, 0.29) is 13.0 Å². The third-order valence-corrected chi connectivity index (χ3v) is 5.12. The fraction of sp³-hybridized carbons (Fsp3) is 0.909. The standard InChI is InChI=1S/C11H22N2O4S/c1-5-11(9(14)15)7-6-8-13(11)18(16,17)12-10(2,3)4/h12H,5-8H2,1-4H3,(H,14,15). The van der Waals surface area contributed by atoms with Crippen molar-refractivity contribution in [3.8, 4) is 0 Å². The summed E-state index contributed by atoms with van der Waals surface area (Å²) >= 11 is 0. The van der Waals surface area contributed by atoms with Gasteiger partial charge in [-0.2, -0.15) is 17.4 Å². The first-order chi connectivity index (χ1) is 8.05. The van der Waals surface area contributed by atoms with E-state index in [4.69, 9.17) is 0 Å². The molecular formula is C11H22N2O4S. The number of hydrogen-bond donors (Lipinski definition) is 2. The van der Waals surface area contributed by atoms with E-state index in [2.05, 4.69) is 4.72 Å². The van der Waals surface area contributed by atoms with Gasteiger partial charge < -0.3 is 5.11 Å². The van der Waals surface area contributed by atoms with Gasteiger partial charge in [-0.3, -0.25) is 4.79 Å². The number of nitrogens with zero attached hydrogens (tertiary/aromatic N) is 1. The first-order valence-corrected chi connectivity index (χ1v) is 7.54. The summed E-state index contributed by atoms with van der Waals surface area (Å²) in [5.74, 6) is -1.07. The highest BCUT2D eigenvalue weighted by Gasteiger charge is 2.52. The van der Waals surface area contributed by atoms with E-state index in [9.17, 15) is 18.3 Å². The molecule has 2 N–H and O–H groups in total. The lowest BCUT2D eigenvalue weighted by Gasteiger charge is -2.35. The highest BCUT2D eigenvalue weighted by molar-refractivity contribution is 7.87. The third kappa shape index (κ3) is 2.84. The van der Waals surface area contributed by atoms with Gasteiger partial charge in [-0.1, -0.05) is 6.92 Å². The Morgan fingerprint density at radius 2 is 2.00 bits per heavy atom. The van der Waals surface area contributed by atoms with Crippen LogP contribution in [0.4, 0.5) is 0 Å². The number of aliphatic carboxylic acids is 1. The summed E-state index contributed by atoms with van der Waals surface area (Å²) in [5.41, 5.74) is -1.92. The van der Waals surface area contributed by atoms with Gasteiger partial charge in [0.1, 0.15) is 5.54 Å². The van der Waals surface area contributed by atoms with Crippen LogP contribution in [0.3, 0.4) is 0 Å². The van der Waals surface area contributed by atoms with Gasteiger partial charge in [0.05, 0.1) is 0 Å². The topological polar surface area (TPSA) is 86.7 Å². The average Bonchev–Trinajstić information content (AvgIpc) is 2.58. The van der Waals surface area contributed by atoms with Gasteiger partial charge in [0.15, 0.2) is 0 Å². The molecule has 0 aromatic carbocycles. The van der Waals surface area contributed by atoms with Gasteiger partial charge in [0.2, 0.25) is 0 Å². The zero-order valence-electron chi connectivity index (χ0n) is 11.4. The van der Waals surface area contributed by atoms with Crippen LogP contribution in [-0.4, -0.2) is 41.4 Å². The van der Waals surface area contributed by atoms with Gasteiger partial charge in [0, 0.05) is 12.1 Å². The van der Waals surface area contributed by atoms with Crippen LogP contribution in [0.2, 0.25) is 0 Å². The maximum Gasteiger partial charge on any atom is 0.325 e. The molecule has 0 aromatic heterocycles. The smallest absolute Gasteiger partial charge is 0.325 e. The Balaban J connectivity index is 3.11. The van der Waals surface area contributed by atoms with Crippen LogP contribution in [-0.2, 0) is 15.0 Å². The summed E-state index contributed by atoms with van der Waals surface area (Å²) in [6.07, 6.45) is 1.21. The van der Waals surface area contributed by atoms with Crippen molar-refractivity contribution in [2.45, 2.75) is 58.0 Å². The summed E-state index contributed by atoms with van der Waals surface area (Å²) in [4.78, 5) is 11.4. The lowest BCUT2D eigenvalue weighted by atomic mass is 9.95. The molecule has 1 fully saturated rings. The molecule has 1 heterocycles. The summed E-state index contributed by atoms with van der Waals surface area (Å²) in [7, 11) is -3.78. The van der Waals surface area contributed by atoms with E-state index in [1.54, 1.807) is 27.7 Å². The van der Waals surface area contributed by atoms with Crippen LogP contribution in [0.25, 0.3) is 0 Å².